The molecule has 0 aliphatic heterocycles. The SMILES string of the molecule is CSCCC(NC(=O)C(N)CO)C(=O)NC(C)C(=O)NC(Cc1ccc(O)cc1)C(=O)O. The van der Waals surface area contributed by atoms with Crippen molar-refractivity contribution in [3.05, 3.63) is 29.8 Å². The molecule has 0 aromatic heterocycles. The number of phenolic OH excluding ortho intramolecular Hbond substituents is 1. The number of aliphatic hydroxyl groups excluding tert-OH is 1. The van der Waals surface area contributed by atoms with Crippen molar-refractivity contribution < 1.29 is 34.5 Å². The highest BCUT2D eigenvalue weighted by Gasteiger charge is 2.28. The highest BCUT2D eigenvalue weighted by atomic mass is 32.2. The van der Waals surface area contributed by atoms with Gasteiger partial charge in [-0.25, -0.2) is 4.79 Å². The van der Waals surface area contributed by atoms with Crippen LogP contribution in [0, 0.1) is 0 Å². The lowest BCUT2D eigenvalue weighted by Crippen LogP contribution is -2.57. The first kappa shape index (κ1) is 27.2. The maximum Gasteiger partial charge on any atom is 0.326 e. The van der Waals surface area contributed by atoms with Crippen molar-refractivity contribution in [1.82, 2.24) is 16.0 Å². The van der Waals surface area contributed by atoms with Gasteiger partial charge < -0.3 is 37.0 Å². The Kier molecular flexibility index (Phi) is 11.5. The van der Waals surface area contributed by atoms with E-state index in [0.717, 1.165) is 0 Å². The lowest BCUT2D eigenvalue weighted by Gasteiger charge is -2.23. The highest BCUT2D eigenvalue weighted by Crippen LogP contribution is 2.11. The monoisotopic (exact) mass is 470 g/mol. The summed E-state index contributed by atoms with van der Waals surface area (Å²) in [4.78, 5) is 48.6. The Labute approximate surface area is 190 Å². The quantitative estimate of drug-likeness (QED) is 0.181. The molecule has 1 rings (SSSR count). The number of hydrogen-bond acceptors (Lipinski definition) is 8. The van der Waals surface area contributed by atoms with E-state index in [1.54, 1.807) is 12.1 Å². The number of nitrogens with two attached hydrogens (primary N) is 1. The Hall–Kier alpha value is -2.83. The number of rotatable bonds is 13. The molecule has 0 saturated heterocycles. The van der Waals surface area contributed by atoms with Gasteiger partial charge in [0.25, 0.3) is 0 Å². The standard InChI is InChI=1S/C20H30N4O7S/c1-11(22-19(29)15(7-8-32-2)23-18(28)14(21)10-25)17(27)24-16(20(30)31)9-12-3-5-13(26)6-4-12/h3-6,11,14-16,25-26H,7-10,21H2,1-2H3,(H,22,29)(H,23,28)(H,24,27)(H,30,31). The van der Waals surface area contributed by atoms with E-state index >= 15 is 0 Å². The Morgan fingerprint density at radius 3 is 2.12 bits per heavy atom. The summed E-state index contributed by atoms with van der Waals surface area (Å²) in [5, 5.41) is 35.0. The van der Waals surface area contributed by atoms with Crippen LogP contribution in [0.25, 0.3) is 0 Å². The number of phenols is 1. The van der Waals surface area contributed by atoms with Crippen molar-refractivity contribution in [2.75, 3.05) is 18.6 Å². The number of nitrogens with one attached hydrogen (secondary N) is 3. The number of amides is 3. The molecule has 3 amide bonds. The first-order valence-electron chi connectivity index (χ1n) is 9.86. The zero-order valence-corrected chi connectivity index (χ0v) is 18.7. The second-order valence-corrected chi connectivity index (χ2v) is 8.12. The number of carbonyl (C=O) groups excluding carboxylic acids is 3. The molecule has 178 valence electrons. The van der Waals surface area contributed by atoms with Gasteiger partial charge in [0.2, 0.25) is 17.7 Å². The lowest BCUT2D eigenvalue weighted by molar-refractivity contribution is -0.142. The highest BCUT2D eigenvalue weighted by molar-refractivity contribution is 7.98. The smallest absolute Gasteiger partial charge is 0.326 e. The van der Waals surface area contributed by atoms with E-state index in [4.69, 9.17) is 10.8 Å². The van der Waals surface area contributed by atoms with Gasteiger partial charge in [-0.2, -0.15) is 11.8 Å². The Bertz CT molecular complexity index is 791. The fourth-order valence-electron chi connectivity index (χ4n) is 2.61. The van der Waals surface area contributed by atoms with Crippen molar-refractivity contribution in [2.24, 2.45) is 5.73 Å². The van der Waals surface area contributed by atoms with E-state index < -0.39 is 54.5 Å². The number of aliphatic carboxylic acids is 1. The molecular weight excluding hydrogens is 440 g/mol. The van der Waals surface area contributed by atoms with Crippen LogP contribution in [-0.4, -0.2) is 81.8 Å². The third kappa shape index (κ3) is 9.12. The van der Waals surface area contributed by atoms with Gasteiger partial charge in [-0.3, -0.25) is 14.4 Å². The average molecular weight is 471 g/mol. The van der Waals surface area contributed by atoms with Gasteiger partial charge >= 0.3 is 5.97 Å². The molecule has 0 aliphatic rings. The van der Waals surface area contributed by atoms with Crippen molar-refractivity contribution in [2.45, 2.75) is 43.9 Å². The summed E-state index contributed by atoms with van der Waals surface area (Å²) >= 11 is 1.46. The number of thioether (sulfide) groups is 1. The molecule has 0 aliphatic carbocycles. The van der Waals surface area contributed by atoms with Crippen LogP contribution >= 0.6 is 11.8 Å². The summed E-state index contributed by atoms with van der Waals surface area (Å²) in [6.07, 6.45) is 2.07. The van der Waals surface area contributed by atoms with Gasteiger partial charge in [0, 0.05) is 6.42 Å². The Balaban J connectivity index is 2.76. The van der Waals surface area contributed by atoms with Gasteiger partial charge in [0.05, 0.1) is 6.61 Å². The van der Waals surface area contributed by atoms with Gasteiger partial charge in [0.1, 0.15) is 29.9 Å². The lowest BCUT2D eigenvalue weighted by atomic mass is 10.1. The van der Waals surface area contributed by atoms with Crippen molar-refractivity contribution in [3.63, 3.8) is 0 Å². The predicted octanol–water partition coefficient (Wildman–Crippen LogP) is -1.43. The zero-order valence-electron chi connectivity index (χ0n) is 17.9. The van der Waals surface area contributed by atoms with Crippen LogP contribution in [-0.2, 0) is 25.6 Å². The molecule has 11 nitrogen and oxygen atoms in total. The maximum atomic E-state index is 12.6. The zero-order chi connectivity index (χ0) is 24.3. The molecule has 8 N–H and O–H groups in total. The third-order valence-electron chi connectivity index (χ3n) is 4.52. The first-order valence-corrected chi connectivity index (χ1v) is 11.3. The summed E-state index contributed by atoms with van der Waals surface area (Å²) in [6.45, 7) is 0.804. The minimum absolute atomic E-state index is 0.0204. The molecular formula is C20H30N4O7S. The number of carbonyl (C=O) groups is 4. The summed E-state index contributed by atoms with van der Waals surface area (Å²) in [5.41, 5.74) is 6.06. The van der Waals surface area contributed by atoms with E-state index in [9.17, 15) is 29.4 Å². The van der Waals surface area contributed by atoms with Gasteiger partial charge in [-0.1, -0.05) is 12.1 Å². The molecule has 0 radical (unpaired) electrons. The van der Waals surface area contributed by atoms with Crippen LogP contribution < -0.4 is 21.7 Å². The number of aliphatic hydroxyl groups is 1. The fraction of sp³-hybridized carbons (Fsp3) is 0.500. The van der Waals surface area contributed by atoms with Crippen molar-refractivity contribution in [1.29, 1.82) is 0 Å². The molecule has 1 aromatic rings. The molecule has 12 heteroatoms. The molecule has 1 aromatic carbocycles. The van der Waals surface area contributed by atoms with Crippen LogP contribution in [0.2, 0.25) is 0 Å². The van der Waals surface area contributed by atoms with Crippen LogP contribution in [0.5, 0.6) is 5.75 Å². The molecule has 0 fully saturated rings. The van der Waals surface area contributed by atoms with Crippen LogP contribution in [0.3, 0.4) is 0 Å². The molecule has 4 unspecified atom stereocenters. The Morgan fingerprint density at radius 2 is 1.59 bits per heavy atom. The van der Waals surface area contributed by atoms with Crippen LogP contribution in [0.15, 0.2) is 24.3 Å². The number of carboxylic acid groups (broad SMARTS) is 1. The topological polar surface area (TPSA) is 191 Å². The largest absolute Gasteiger partial charge is 0.508 e. The van der Waals surface area contributed by atoms with Crippen molar-refractivity contribution in [3.8, 4) is 5.75 Å². The van der Waals surface area contributed by atoms with E-state index in [1.807, 2.05) is 6.26 Å². The fourth-order valence-corrected chi connectivity index (χ4v) is 3.08. The number of carboxylic acids is 1. The number of hydrogen-bond donors (Lipinski definition) is 7. The van der Waals surface area contributed by atoms with Gasteiger partial charge in [-0.15, -0.1) is 0 Å². The normalized spacial score (nSPS) is 14.5. The molecule has 0 heterocycles. The van der Waals surface area contributed by atoms with Gasteiger partial charge in [-0.05, 0) is 43.0 Å². The van der Waals surface area contributed by atoms with E-state index in [1.165, 1.54) is 30.8 Å². The van der Waals surface area contributed by atoms with Gasteiger partial charge in [0.15, 0.2) is 0 Å². The maximum absolute atomic E-state index is 12.6. The molecule has 0 saturated carbocycles. The number of benzene rings is 1. The summed E-state index contributed by atoms with van der Waals surface area (Å²) in [6, 6.07) is 1.41. The minimum Gasteiger partial charge on any atom is -0.508 e. The summed E-state index contributed by atoms with van der Waals surface area (Å²) < 4.78 is 0. The number of aromatic hydroxyl groups is 1. The second-order valence-electron chi connectivity index (χ2n) is 7.13. The average Bonchev–Trinajstić information content (AvgIpc) is 2.76. The van der Waals surface area contributed by atoms with Crippen LogP contribution in [0.4, 0.5) is 0 Å². The van der Waals surface area contributed by atoms with Crippen LogP contribution in [0.1, 0.15) is 18.9 Å². The minimum atomic E-state index is -1.26. The van der Waals surface area contributed by atoms with Crippen molar-refractivity contribution >= 4 is 35.5 Å². The van der Waals surface area contributed by atoms with E-state index in [0.29, 0.717) is 11.3 Å². The summed E-state index contributed by atoms with van der Waals surface area (Å²) in [5.74, 6) is -2.74. The predicted molar refractivity (Wildman–Crippen MR) is 119 cm³/mol. The molecule has 4 atom stereocenters. The second kappa shape index (κ2) is 13.6. The summed E-state index contributed by atoms with van der Waals surface area (Å²) in [7, 11) is 0. The first-order chi connectivity index (χ1) is 15.1. The molecule has 32 heavy (non-hydrogen) atoms. The third-order valence-corrected chi connectivity index (χ3v) is 5.16. The van der Waals surface area contributed by atoms with E-state index in [-0.39, 0.29) is 18.6 Å². The molecule has 0 spiro atoms. The molecule has 0 bridgehead atoms. The van der Waals surface area contributed by atoms with E-state index in [2.05, 4.69) is 16.0 Å². The Morgan fingerprint density at radius 1 is 1.00 bits per heavy atom.